The van der Waals surface area contributed by atoms with Crippen LogP contribution in [0.2, 0.25) is 0 Å². The van der Waals surface area contributed by atoms with Gasteiger partial charge in [-0.2, -0.15) is 0 Å². The second-order valence-corrected chi connectivity index (χ2v) is 6.59. The van der Waals surface area contributed by atoms with E-state index in [9.17, 15) is 14.4 Å². The summed E-state index contributed by atoms with van der Waals surface area (Å²) >= 11 is 0. The first-order chi connectivity index (χ1) is 11.3. The third-order valence-corrected chi connectivity index (χ3v) is 4.60. The van der Waals surface area contributed by atoms with Gasteiger partial charge in [-0.1, -0.05) is 38.5 Å². The molecule has 0 heterocycles. The summed E-state index contributed by atoms with van der Waals surface area (Å²) in [4.78, 5) is 36.0. The van der Waals surface area contributed by atoms with Gasteiger partial charge in [0.25, 0.3) is 5.91 Å². The van der Waals surface area contributed by atoms with Crippen molar-refractivity contribution in [3.8, 4) is 0 Å². The van der Waals surface area contributed by atoms with Gasteiger partial charge < -0.3 is 16.0 Å². The lowest BCUT2D eigenvalue weighted by Gasteiger charge is -2.46. The molecule has 24 heavy (non-hydrogen) atoms. The number of nitrogens with two attached hydrogens (primary N) is 1. The highest BCUT2D eigenvalue weighted by Crippen LogP contribution is 2.35. The van der Waals surface area contributed by atoms with Crippen molar-refractivity contribution in [2.24, 2.45) is 11.1 Å². The molecule has 0 radical (unpaired) electrons. The molecule has 0 bridgehead atoms. The van der Waals surface area contributed by atoms with Gasteiger partial charge in [0.15, 0.2) is 11.9 Å². The molecule has 0 spiro atoms. The Morgan fingerprint density at radius 1 is 1.21 bits per heavy atom. The summed E-state index contributed by atoms with van der Waals surface area (Å²) in [6, 6.07) is 8.75. The maximum absolute atomic E-state index is 12.7. The number of amides is 2. The molecule has 1 rings (SSSR count). The Morgan fingerprint density at radius 3 is 2.38 bits per heavy atom. The van der Waals surface area contributed by atoms with Crippen LogP contribution in [0.25, 0.3) is 0 Å². The van der Waals surface area contributed by atoms with Crippen LogP contribution in [0.4, 0.5) is 0 Å². The van der Waals surface area contributed by atoms with Crippen LogP contribution in [0.1, 0.15) is 43.5 Å². The zero-order chi connectivity index (χ0) is 18.2. The van der Waals surface area contributed by atoms with Crippen LogP contribution in [0.3, 0.4) is 0 Å². The largest absolute Gasteiger partial charge is 0.359 e. The standard InChI is InChI=1S/C18H27N3O3/c1-17(2,11-7-8-12-20-14-23)18(19,13-22)21(3)16(24)15-9-5-4-6-10-15/h4-6,9-10,13-14H,7-8,11-12,19H2,1-3H3,(H,20,23)/t18-/m0/s1. The van der Waals surface area contributed by atoms with Gasteiger partial charge in [-0.3, -0.25) is 14.4 Å². The number of hydrogen-bond donors (Lipinski definition) is 2. The lowest BCUT2D eigenvalue weighted by molar-refractivity contribution is -0.123. The molecule has 0 aliphatic rings. The van der Waals surface area contributed by atoms with Crippen LogP contribution in [0, 0.1) is 5.41 Å². The van der Waals surface area contributed by atoms with Crippen molar-refractivity contribution < 1.29 is 14.4 Å². The van der Waals surface area contributed by atoms with Gasteiger partial charge in [-0.05, 0) is 25.0 Å². The number of rotatable bonds is 10. The molecule has 0 fully saturated rings. The van der Waals surface area contributed by atoms with Gasteiger partial charge in [0.2, 0.25) is 6.41 Å². The van der Waals surface area contributed by atoms with Gasteiger partial charge >= 0.3 is 0 Å². The average Bonchev–Trinajstić information content (AvgIpc) is 2.60. The van der Waals surface area contributed by atoms with E-state index in [1.807, 2.05) is 19.9 Å². The molecule has 0 saturated heterocycles. The quantitative estimate of drug-likeness (QED) is 0.386. The summed E-state index contributed by atoms with van der Waals surface area (Å²) in [6.45, 7) is 4.34. The minimum absolute atomic E-state index is 0.291. The Balaban J connectivity index is 2.87. The molecule has 1 aromatic carbocycles. The van der Waals surface area contributed by atoms with E-state index in [2.05, 4.69) is 5.32 Å². The van der Waals surface area contributed by atoms with Crippen LogP contribution < -0.4 is 11.1 Å². The number of aldehydes is 1. The SMILES string of the molecule is CN(C(=O)c1ccccc1)[C@@](N)(C=O)C(C)(C)CCCCNC=O. The number of benzene rings is 1. The molecular weight excluding hydrogens is 306 g/mol. The predicted molar refractivity (Wildman–Crippen MR) is 93.2 cm³/mol. The summed E-state index contributed by atoms with van der Waals surface area (Å²) in [7, 11) is 1.55. The van der Waals surface area contributed by atoms with Crippen LogP contribution in [-0.4, -0.2) is 42.8 Å². The topological polar surface area (TPSA) is 92.5 Å². The molecule has 1 atom stereocenters. The van der Waals surface area contributed by atoms with E-state index >= 15 is 0 Å². The minimum atomic E-state index is -1.42. The van der Waals surface area contributed by atoms with Gasteiger partial charge in [-0.15, -0.1) is 0 Å². The van der Waals surface area contributed by atoms with Gasteiger partial charge in [-0.25, -0.2) is 0 Å². The number of nitrogens with one attached hydrogen (secondary N) is 1. The van der Waals surface area contributed by atoms with Crippen LogP contribution >= 0.6 is 0 Å². The molecule has 0 saturated carbocycles. The minimum Gasteiger partial charge on any atom is -0.359 e. The molecule has 6 nitrogen and oxygen atoms in total. The summed E-state index contributed by atoms with van der Waals surface area (Å²) in [5, 5.41) is 2.60. The fourth-order valence-electron chi connectivity index (χ4n) is 2.69. The first kappa shape index (κ1) is 19.8. The summed E-state index contributed by atoms with van der Waals surface area (Å²) in [6.07, 6.45) is 3.53. The molecule has 6 heteroatoms. The fourth-order valence-corrected chi connectivity index (χ4v) is 2.69. The number of unbranched alkanes of at least 4 members (excludes halogenated alkanes) is 1. The number of carbonyl (C=O) groups excluding carboxylic acids is 3. The molecule has 1 aromatic rings. The van der Waals surface area contributed by atoms with E-state index in [1.165, 1.54) is 4.90 Å². The third kappa shape index (κ3) is 4.41. The summed E-state index contributed by atoms with van der Waals surface area (Å²) in [5.41, 5.74) is 4.82. The van der Waals surface area contributed by atoms with Crippen molar-refractivity contribution in [3.05, 3.63) is 35.9 Å². The summed E-state index contributed by atoms with van der Waals surface area (Å²) in [5.74, 6) is -0.291. The third-order valence-electron chi connectivity index (χ3n) is 4.60. The highest BCUT2D eigenvalue weighted by atomic mass is 16.2. The lowest BCUT2D eigenvalue weighted by Crippen LogP contribution is -2.66. The molecule has 0 unspecified atom stereocenters. The molecule has 0 aromatic heterocycles. The molecular formula is C18H27N3O3. The van der Waals surface area contributed by atoms with E-state index in [-0.39, 0.29) is 5.91 Å². The van der Waals surface area contributed by atoms with Crippen LogP contribution in [0.15, 0.2) is 30.3 Å². The van der Waals surface area contributed by atoms with Crippen molar-refractivity contribution in [1.29, 1.82) is 0 Å². The Hall–Kier alpha value is -2.21. The monoisotopic (exact) mass is 333 g/mol. The first-order valence-corrected chi connectivity index (χ1v) is 8.05. The average molecular weight is 333 g/mol. The second-order valence-electron chi connectivity index (χ2n) is 6.59. The predicted octanol–water partition coefficient (Wildman–Crippen LogP) is 1.56. The Morgan fingerprint density at radius 2 is 1.83 bits per heavy atom. The van der Waals surface area contributed by atoms with Crippen molar-refractivity contribution in [2.45, 2.75) is 38.8 Å². The van der Waals surface area contributed by atoms with Crippen molar-refractivity contribution in [1.82, 2.24) is 10.2 Å². The Labute approximate surface area is 143 Å². The zero-order valence-electron chi connectivity index (χ0n) is 14.6. The highest BCUT2D eigenvalue weighted by molar-refractivity contribution is 5.96. The van der Waals surface area contributed by atoms with Crippen molar-refractivity contribution in [2.75, 3.05) is 13.6 Å². The van der Waals surface area contributed by atoms with E-state index in [0.717, 1.165) is 12.8 Å². The molecule has 2 amide bonds. The number of nitrogens with zero attached hydrogens (tertiary/aromatic N) is 1. The zero-order valence-corrected chi connectivity index (χ0v) is 14.6. The van der Waals surface area contributed by atoms with Gasteiger partial charge in [0.1, 0.15) is 0 Å². The molecule has 0 aliphatic carbocycles. The first-order valence-electron chi connectivity index (χ1n) is 8.05. The molecule has 0 aliphatic heterocycles. The van der Waals surface area contributed by atoms with E-state index in [0.29, 0.717) is 31.2 Å². The van der Waals surface area contributed by atoms with Crippen LogP contribution in [-0.2, 0) is 9.59 Å². The maximum atomic E-state index is 12.7. The van der Waals surface area contributed by atoms with E-state index < -0.39 is 11.1 Å². The van der Waals surface area contributed by atoms with Gasteiger partial charge in [0, 0.05) is 24.6 Å². The number of hydrogen-bond acceptors (Lipinski definition) is 4. The normalized spacial score (nSPS) is 13.7. The van der Waals surface area contributed by atoms with E-state index in [1.54, 1.807) is 31.3 Å². The summed E-state index contributed by atoms with van der Waals surface area (Å²) < 4.78 is 0. The number of carbonyl (C=O) groups is 3. The smallest absolute Gasteiger partial charge is 0.255 e. The van der Waals surface area contributed by atoms with Crippen molar-refractivity contribution >= 4 is 18.6 Å². The van der Waals surface area contributed by atoms with Crippen LogP contribution in [0.5, 0.6) is 0 Å². The number of likely N-dealkylation sites (N-methyl/N-ethyl adjacent to an activating group) is 1. The highest BCUT2D eigenvalue weighted by Gasteiger charge is 2.46. The molecule has 3 N–H and O–H groups in total. The van der Waals surface area contributed by atoms with Gasteiger partial charge in [0.05, 0.1) is 0 Å². The Kier molecular flexibility index (Phi) is 7.10. The fraction of sp³-hybridized carbons (Fsp3) is 0.500. The second kappa shape index (κ2) is 8.59. The lowest BCUT2D eigenvalue weighted by atomic mass is 9.74. The Bertz CT molecular complexity index is 560. The maximum Gasteiger partial charge on any atom is 0.255 e. The van der Waals surface area contributed by atoms with Crippen molar-refractivity contribution in [3.63, 3.8) is 0 Å². The van der Waals surface area contributed by atoms with E-state index in [4.69, 9.17) is 5.73 Å². The molecule has 132 valence electrons.